The first kappa shape index (κ1) is 26.1. The second-order valence-electron chi connectivity index (χ2n) is 13.3. The normalized spacial score (nSPS) is 20.1. The van der Waals surface area contributed by atoms with Crippen molar-refractivity contribution >= 4 is 30.7 Å². The lowest BCUT2D eigenvalue weighted by Gasteiger charge is -2.20. The molecule has 198 valence electrons. The van der Waals surface area contributed by atoms with Gasteiger partial charge in [-0.15, -0.1) is 0 Å². The minimum absolute atomic E-state index is 0.0714. The highest BCUT2D eigenvalue weighted by molar-refractivity contribution is 6.76. The van der Waals surface area contributed by atoms with Gasteiger partial charge < -0.3 is 14.2 Å². The molecule has 0 spiro atoms. The zero-order valence-corrected chi connectivity index (χ0v) is 24.4. The predicted molar refractivity (Wildman–Crippen MR) is 154 cm³/mol. The largest absolute Gasteiger partial charge is 0.371 e. The minimum Gasteiger partial charge on any atom is -0.371 e. The van der Waals surface area contributed by atoms with Crippen LogP contribution >= 0.6 is 0 Å². The highest BCUT2D eigenvalue weighted by Crippen LogP contribution is 2.40. The van der Waals surface area contributed by atoms with Crippen LogP contribution in [0, 0.1) is 17.3 Å². The van der Waals surface area contributed by atoms with Crippen molar-refractivity contribution in [3.05, 3.63) is 42.2 Å². The molecule has 2 aromatic heterocycles. The van der Waals surface area contributed by atoms with Crippen molar-refractivity contribution in [2.45, 2.75) is 72.4 Å². The van der Waals surface area contributed by atoms with Gasteiger partial charge >= 0.3 is 0 Å². The molecule has 1 aromatic carbocycles. The number of fused-ring (bicyclic) bond motifs is 2. The van der Waals surface area contributed by atoms with E-state index in [1.807, 2.05) is 37.7 Å². The zero-order chi connectivity index (χ0) is 26.4. The Hall–Kier alpha value is -2.51. The van der Waals surface area contributed by atoms with E-state index in [1.54, 1.807) is 0 Å². The summed E-state index contributed by atoms with van der Waals surface area (Å²) in [5.74, 6) is 1.76. The third-order valence-electron chi connectivity index (χ3n) is 7.95. The summed E-state index contributed by atoms with van der Waals surface area (Å²) in [6.45, 7) is 16.3. The van der Waals surface area contributed by atoms with Gasteiger partial charge in [0.15, 0.2) is 11.4 Å². The van der Waals surface area contributed by atoms with E-state index in [1.165, 1.54) is 24.9 Å². The summed E-state index contributed by atoms with van der Waals surface area (Å²) in [5, 5.41) is 0. The van der Waals surface area contributed by atoms with Crippen molar-refractivity contribution in [1.29, 1.82) is 0 Å². The molecule has 0 amide bonds. The monoisotopic (exact) mass is 518 g/mol. The molecule has 0 N–H and O–H groups in total. The summed E-state index contributed by atoms with van der Waals surface area (Å²) >= 11 is 0. The average Bonchev–Trinajstić information content (AvgIpc) is 3.54. The van der Waals surface area contributed by atoms with Gasteiger partial charge in [0.25, 0.3) is 0 Å². The second kappa shape index (κ2) is 9.99. The number of Topliss-reactive ketones (excluding diaryl/α,β-unsaturated/α-hetero) is 1. The van der Waals surface area contributed by atoms with E-state index in [4.69, 9.17) is 14.7 Å². The van der Waals surface area contributed by atoms with Gasteiger partial charge in [0, 0.05) is 50.6 Å². The summed E-state index contributed by atoms with van der Waals surface area (Å²) in [4.78, 5) is 25.8. The van der Waals surface area contributed by atoms with Gasteiger partial charge in [0.1, 0.15) is 12.2 Å². The molecule has 2 unspecified atom stereocenters. The predicted octanol–water partition coefficient (Wildman–Crippen LogP) is 6.88. The number of ketones is 1. The van der Waals surface area contributed by atoms with E-state index in [-0.39, 0.29) is 5.78 Å². The van der Waals surface area contributed by atoms with E-state index in [9.17, 15) is 4.79 Å². The molecular weight excluding hydrogens is 476 g/mol. The van der Waals surface area contributed by atoms with E-state index < -0.39 is 13.5 Å². The number of nitrogens with zero attached hydrogens (tertiary/aromatic N) is 4. The number of carbonyl (C=O) groups is 1. The van der Waals surface area contributed by atoms with Crippen LogP contribution in [0.3, 0.4) is 0 Å². The maximum absolute atomic E-state index is 13.4. The first-order chi connectivity index (χ1) is 17.5. The van der Waals surface area contributed by atoms with Crippen LogP contribution in [-0.4, -0.2) is 48.1 Å². The van der Waals surface area contributed by atoms with Crippen molar-refractivity contribution in [3.8, 4) is 11.3 Å². The molecular formula is C30H42N4O2Si. The van der Waals surface area contributed by atoms with Gasteiger partial charge in [-0.05, 0) is 42.9 Å². The lowest BCUT2D eigenvalue weighted by atomic mass is 9.87. The Morgan fingerprint density at radius 3 is 2.54 bits per heavy atom. The Balaban J connectivity index is 1.45. The van der Waals surface area contributed by atoms with Crippen molar-refractivity contribution in [2.24, 2.45) is 17.3 Å². The molecule has 1 aliphatic carbocycles. The summed E-state index contributed by atoms with van der Waals surface area (Å²) in [6, 6.07) is 9.75. The molecule has 2 atom stereocenters. The van der Waals surface area contributed by atoms with Crippen molar-refractivity contribution in [3.63, 3.8) is 0 Å². The molecule has 6 nitrogen and oxygen atoms in total. The summed E-state index contributed by atoms with van der Waals surface area (Å²) in [5.41, 5.74) is 4.57. The van der Waals surface area contributed by atoms with Crippen LogP contribution in [0.15, 0.2) is 36.7 Å². The molecule has 0 bridgehead atoms. The highest BCUT2D eigenvalue weighted by atomic mass is 28.3. The first-order valence-corrected chi connectivity index (χ1v) is 17.5. The number of benzene rings is 1. The van der Waals surface area contributed by atoms with Crippen molar-refractivity contribution < 1.29 is 9.53 Å². The van der Waals surface area contributed by atoms with E-state index in [2.05, 4.69) is 48.8 Å². The topological polar surface area (TPSA) is 60.3 Å². The first-order valence-electron chi connectivity index (χ1n) is 13.8. The number of ether oxygens (including phenoxy) is 1. The van der Waals surface area contributed by atoms with E-state index in [0.717, 1.165) is 42.2 Å². The van der Waals surface area contributed by atoms with Gasteiger partial charge in [-0.1, -0.05) is 59.0 Å². The fourth-order valence-electron chi connectivity index (χ4n) is 5.71. The Kier molecular flexibility index (Phi) is 7.05. The average molecular weight is 519 g/mol. The molecule has 7 heteroatoms. The molecule has 0 radical (unpaired) electrons. The number of carbonyl (C=O) groups excluding carboxylic acids is 1. The summed E-state index contributed by atoms with van der Waals surface area (Å²) in [6.07, 6.45) is 7.84. The Bertz CT molecular complexity index is 1270. The minimum atomic E-state index is -1.17. The quantitative estimate of drug-likeness (QED) is 0.185. The standard InChI is InChI=1S/C30H42N4O2Si/c1-30(2,3)28(35)25-19-34(20-36-13-14-37(4,5)6)29-27(25)32-26(16-31-29)21-9-8-12-24(15-21)33-17-22-10-7-11-23(22)18-33/h8-9,12,15-16,19,22-23H,7,10-11,13-14,17-18,20H2,1-6H3. The third kappa shape index (κ3) is 5.67. The number of hydrogen-bond donors (Lipinski definition) is 0. The van der Waals surface area contributed by atoms with Crippen LogP contribution in [0.4, 0.5) is 5.69 Å². The summed E-state index contributed by atoms with van der Waals surface area (Å²) in [7, 11) is -1.17. The zero-order valence-electron chi connectivity index (χ0n) is 23.4. The SMILES string of the molecule is CC(C)(C)C(=O)c1cn(COCC[Si](C)(C)C)c2ncc(-c3cccc(N4CC5CCCC5C4)c3)nc12. The maximum Gasteiger partial charge on any atom is 0.171 e. The van der Waals surface area contributed by atoms with Gasteiger partial charge in [0.2, 0.25) is 0 Å². The molecule has 3 aromatic rings. The van der Waals surface area contributed by atoms with Crippen LogP contribution in [0.1, 0.15) is 50.4 Å². The van der Waals surface area contributed by atoms with Crippen LogP contribution in [0.2, 0.25) is 25.7 Å². The number of hydrogen-bond acceptors (Lipinski definition) is 5. The third-order valence-corrected chi connectivity index (χ3v) is 9.66. The fourth-order valence-corrected chi connectivity index (χ4v) is 6.47. The Morgan fingerprint density at radius 1 is 1.14 bits per heavy atom. The number of aromatic nitrogens is 3. The van der Waals surface area contributed by atoms with E-state index >= 15 is 0 Å². The highest BCUT2D eigenvalue weighted by Gasteiger charge is 2.36. The maximum atomic E-state index is 13.4. The molecule has 3 heterocycles. The lowest BCUT2D eigenvalue weighted by molar-refractivity contribution is 0.0849. The van der Waals surface area contributed by atoms with Gasteiger partial charge in [-0.25, -0.2) is 9.97 Å². The van der Waals surface area contributed by atoms with Crippen LogP contribution < -0.4 is 4.90 Å². The number of anilines is 1. The Morgan fingerprint density at radius 2 is 1.86 bits per heavy atom. The van der Waals surface area contributed by atoms with Crippen molar-refractivity contribution in [2.75, 3.05) is 24.6 Å². The van der Waals surface area contributed by atoms with Crippen molar-refractivity contribution in [1.82, 2.24) is 14.5 Å². The Labute approximate surface area is 222 Å². The lowest BCUT2D eigenvalue weighted by Crippen LogP contribution is -2.22. The smallest absolute Gasteiger partial charge is 0.171 e. The van der Waals surface area contributed by atoms with E-state index in [0.29, 0.717) is 30.1 Å². The molecule has 5 rings (SSSR count). The number of rotatable bonds is 8. The molecule has 37 heavy (non-hydrogen) atoms. The molecule has 2 aliphatic rings. The molecule has 2 fully saturated rings. The molecule has 1 saturated carbocycles. The second-order valence-corrected chi connectivity index (χ2v) is 18.9. The van der Waals surface area contributed by atoms with Crippen LogP contribution in [0.5, 0.6) is 0 Å². The summed E-state index contributed by atoms with van der Waals surface area (Å²) < 4.78 is 7.95. The molecule has 1 aliphatic heterocycles. The van der Waals surface area contributed by atoms with Crippen LogP contribution in [0.25, 0.3) is 22.4 Å². The van der Waals surface area contributed by atoms with Gasteiger partial charge in [-0.2, -0.15) is 0 Å². The van der Waals surface area contributed by atoms with Crippen LogP contribution in [-0.2, 0) is 11.5 Å². The fraction of sp³-hybridized carbons (Fsp3) is 0.567. The van der Waals surface area contributed by atoms with Gasteiger partial charge in [0.05, 0.1) is 17.5 Å². The van der Waals surface area contributed by atoms with Gasteiger partial charge in [-0.3, -0.25) is 4.79 Å². The molecule has 1 saturated heterocycles.